The van der Waals surface area contributed by atoms with Crippen molar-refractivity contribution in [1.29, 1.82) is 0 Å². The molecule has 0 saturated heterocycles. The van der Waals surface area contributed by atoms with Crippen LogP contribution in [0, 0.1) is 0 Å². The third kappa shape index (κ3) is 2.83. The Morgan fingerprint density at radius 1 is 1.04 bits per heavy atom. The Kier molecular flexibility index (Phi) is 3.88. The van der Waals surface area contributed by atoms with Gasteiger partial charge in [-0.15, -0.1) is 0 Å². The van der Waals surface area contributed by atoms with Gasteiger partial charge in [-0.25, -0.2) is 0 Å². The lowest BCUT2D eigenvalue weighted by atomic mass is 9.82. The number of rotatable bonds is 5. The van der Waals surface area contributed by atoms with Gasteiger partial charge < -0.3 is 10.1 Å². The van der Waals surface area contributed by atoms with Crippen LogP contribution < -0.4 is 10.1 Å². The zero-order chi connectivity index (χ0) is 16.5. The van der Waals surface area contributed by atoms with Crippen LogP contribution >= 0.6 is 0 Å². The summed E-state index contributed by atoms with van der Waals surface area (Å²) in [6, 6.07) is 17.9. The van der Waals surface area contributed by atoms with E-state index in [1.165, 1.54) is 5.56 Å². The number of amides is 1. The summed E-state index contributed by atoms with van der Waals surface area (Å²) in [5.41, 5.74) is 1.24. The molecular formula is C20H23NO2. The molecule has 1 aliphatic carbocycles. The van der Waals surface area contributed by atoms with Crippen molar-refractivity contribution in [2.45, 2.75) is 37.6 Å². The highest BCUT2D eigenvalue weighted by Gasteiger charge is 2.48. The largest absolute Gasteiger partial charge is 0.496 e. The first kappa shape index (κ1) is 15.6. The van der Waals surface area contributed by atoms with Gasteiger partial charge in [0.25, 0.3) is 0 Å². The van der Waals surface area contributed by atoms with Crippen LogP contribution in [0.15, 0.2) is 54.6 Å². The van der Waals surface area contributed by atoms with Gasteiger partial charge in [-0.3, -0.25) is 4.79 Å². The molecule has 0 atom stereocenters. The molecule has 23 heavy (non-hydrogen) atoms. The van der Waals surface area contributed by atoms with E-state index in [1.54, 1.807) is 7.11 Å². The van der Waals surface area contributed by atoms with E-state index in [9.17, 15) is 4.79 Å². The minimum Gasteiger partial charge on any atom is -0.496 e. The van der Waals surface area contributed by atoms with Gasteiger partial charge in [0.05, 0.1) is 18.1 Å². The van der Waals surface area contributed by atoms with Crippen molar-refractivity contribution >= 4 is 5.91 Å². The Balaban J connectivity index is 1.85. The van der Waals surface area contributed by atoms with Crippen molar-refractivity contribution in [2.75, 3.05) is 7.11 Å². The third-order valence-corrected chi connectivity index (χ3v) is 4.78. The highest BCUT2D eigenvalue weighted by molar-refractivity contribution is 5.89. The molecule has 0 heterocycles. The second-order valence-electron chi connectivity index (χ2n) is 6.73. The van der Waals surface area contributed by atoms with E-state index in [2.05, 4.69) is 17.4 Å². The van der Waals surface area contributed by atoms with Crippen LogP contribution in [-0.4, -0.2) is 13.0 Å². The average molecular weight is 309 g/mol. The number of carbonyl (C=O) groups excluding carboxylic acids is 1. The Morgan fingerprint density at radius 3 is 2.26 bits per heavy atom. The second-order valence-corrected chi connectivity index (χ2v) is 6.73. The van der Waals surface area contributed by atoms with Crippen molar-refractivity contribution < 1.29 is 9.53 Å². The Hall–Kier alpha value is -2.29. The lowest BCUT2D eigenvalue weighted by Gasteiger charge is -2.29. The molecule has 120 valence electrons. The van der Waals surface area contributed by atoms with E-state index >= 15 is 0 Å². The quantitative estimate of drug-likeness (QED) is 0.913. The molecule has 0 radical (unpaired) electrons. The number of methoxy groups -OCH3 is 1. The molecule has 0 bridgehead atoms. The van der Waals surface area contributed by atoms with Crippen molar-refractivity contribution in [3.63, 3.8) is 0 Å². The van der Waals surface area contributed by atoms with Gasteiger partial charge in [0.2, 0.25) is 5.91 Å². The summed E-state index contributed by atoms with van der Waals surface area (Å²) in [5.74, 6) is 0.778. The van der Waals surface area contributed by atoms with E-state index in [0.717, 1.165) is 24.2 Å². The minimum absolute atomic E-state index is 0.0309. The van der Waals surface area contributed by atoms with Crippen LogP contribution in [0.3, 0.4) is 0 Å². The SMILES string of the molecule is COc1ccccc1C(C)(C)C(=O)NC1(c2ccccc2)CC1. The minimum atomic E-state index is -0.656. The van der Waals surface area contributed by atoms with E-state index in [4.69, 9.17) is 4.74 Å². The number of para-hydroxylation sites is 1. The van der Waals surface area contributed by atoms with Crippen LogP contribution in [0.1, 0.15) is 37.8 Å². The summed E-state index contributed by atoms with van der Waals surface area (Å²) < 4.78 is 5.43. The lowest BCUT2D eigenvalue weighted by Crippen LogP contribution is -2.45. The van der Waals surface area contributed by atoms with Gasteiger partial charge in [-0.2, -0.15) is 0 Å². The van der Waals surface area contributed by atoms with Gasteiger partial charge in [-0.1, -0.05) is 48.5 Å². The molecule has 3 nitrogen and oxygen atoms in total. The standard InChI is InChI=1S/C20H23NO2/c1-19(2,16-11-7-8-12-17(16)23-3)18(22)21-20(13-14-20)15-9-5-4-6-10-15/h4-12H,13-14H2,1-3H3,(H,21,22). The Bertz CT molecular complexity index is 703. The highest BCUT2D eigenvalue weighted by Crippen LogP contribution is 2.46. The van der Waals surface area contributed by atoms with Crippen molar-refractivity contribution in [3.05, 3.63) is 65.7 Å². The van der Waals surface area contributed by atoms with E-state index < -0.39 is 5.41 Å². The molecule has 1 N–H and O–H groups in total. The molecule has 1 saturated carbocycles. The number of ether oxygens (including phenoxy) is 1. The van der Waals surface area contributed by atoms with Crippen LogP contribution in [0.25, 0.3) is 0 Å². The van der Waals surface area contributed by atoms with Gasteiger partial charge in [0, 0.05) is 5.56 Å². The maximum atomic E-state index is 13.0. The fourth-order valence-corrected chi connectivity index (χ4v) is 3.02. The Labute approximate surface area is 137 Å². The number of hydrogen-bond acceptors (Lipinski definition) is 2. The monoisotopic (exact) mass is 309 g/mol. The molecule has 1 aliphatic rings. The van der Waals surface area contributed by atoms with Crippen LogP contribution in [-0.2, 0) is 15.7 Å². The first-order valence-electron chi connectivity index (χ1n) is 8.01. The molecule has 0 aliphatic heterocycles. The van der Waals surface area contributed by atoms with Crippen molar-refractivity contribution in [1.82, 2.24) is 5.32 Å². The number of carbonyl (C=O) groups is 1. The van der Waals surface area contributed by atoms with E-state index in [0.29, 0.717) is 0 Å². The van der Waals surface area contributed by atoms with E-state index in [-0.39, 0.29) is 11.4 Å². The molecule has 2 aromatic rings. The fraction of sp³-hybridized carbons (Fsp3) is 0.350. The smallest absolute Gasteiger partial charge is 0.230 e. The zero-order valence-electron chi connectivity index (χ0n) is 13.9. The molecule has 0 spiro atoms. The molecule has 1 amide bonds. The fourth-order valence-electron chi connectivity index (χ4n) is 3.02. The summed E-state index contributed by atoms with van der Waals surface area (Å²) in [6.45, 7) is 3.89. The zero-order valence-corrected chi connectivity index (χ0v) is 13.9. The lowest BCUT2D eigenvalue weighted by molar-refractivity contribution is -0.126. The number of nitrogens with one attached hydrogen (secondary N) is 1. The van der Waals surface area contributed by atoms with Crippen molar-refractivity contribution in [3.8, 4) is 5.75 Å². The predicted molar refractivity (Wildman–Crippen MR) is 91.5 cm³/mol. The molecule has 3 heteroatoms. The molecule has 3 rings (SSSR count). The summed E-state index contributed by atoms with van der Waals surface area (Å²) in [5, 5.41) is 3.28. The normalized spacial score (nSPS) is 15.8. The maximum Gasteiger partial charge on any atom is 0.230 e. The molecular weight excluding hydrogens is 286 g/mol. The topological polar surface area (TPSA) is 38.3 Å². The molecule has 1 fully saturated rings. The highest BCUT2D eigenvalue weighted by atomic mass is 16.5. The summed E-state index contributed by atoms with van der Waals surface area (Å²) in [4.78, 5) is 13.0. The summed E-state index contributed by atoms with van der Waals surface area (Å²) in [7, 11) is 1.64. The van der Waals surface area contributed by atoms with Crippen LogP contribution in [0.2, 0.25) is 0 Å². The van der Waals surface area contributed by atoms with Gasteiger partial charge in [0.1, 0.15) is 5.75 Å². The maximum absolute atomic E-state index is 13.0. The van der Waals surface area contributed by atoms with E-state index in [1.807, 2.05) is 56.3 Å². The third-order valence-electron chi connectivity index (χ3n) is 4.78. The predicted octanol–water partition coefficient (Wildman–Crippen LogP) is 3.78. The second kappa shape index (κ2) is 5.73. The Morgan fingerprint density at radius 2 is 1.65 bits per heavy atom. The first-order valence-corrected chi connectivity index (χ1v) is 8.01. The average Bonchev–Trinajstić information content (AvgIpc) is 3.36. The van der Waals surface area contributed by atoms with Crippen LogP contribution in [0.4, 0.5) is 0 Å². The molecule has 0 unspecified atom stereocenters. The van der Waals surface area contributed by atoms with Gasteiger partial charge in [0.15, 0.2) is 0 Å². The summed E-state index contributed by atoms with van der Waals surface area (Å²) in [6.07, 6.45) is 1.98. The number of benzene rings is 2. The van der Waals surface area contributed by atoms with Crippen molar-refractivity contribution in [2.24, 2.45) is 0 Å². The molecule has 2 aromatic carbocycles. The van der Waals surface area contributed by atoms with Gasteiger partial charge in [-0.05, 0) is 38.3 Å². The summed E-state index contributed by atoms with van der Waals surface area (Å²) >= 11 is 0. The van der Waals surface area contributed by atoms with Crippen LogP contribution in [0.5, 0.6) is 5.75 Å². The number of hydrogen-bond donors (Lipinski definition) is 1. The first-order chi connectivity index (χ1) is 11.0. The molecule has 0 aromatic heterocycles. The van der Waals surface area contributed by atoms with Gasteiger partial charge >= 0.3 is 0 Å².